The van der Waals surface area contributed by atoms with Crippen LogP contribution in [0.5, 0.6) is 5.75 Å². The molecule has 0 spiro atoms. The first-order valence-electron chi connectivity index (χ1n) is 10.6. The van der Waals surface area contributed by atoms with E-state index in [4.69, 9.17) is 27.9 Å². The molecule has 3 aromatic carbocycles. The number of amides is 3. The number of halogens is 2. The van der Waals surface area contributed by atoms with Crippen LogP contribution >= 0.6 is 23.2 Å². The number of ether oxygens (including phenoxy) is 1. The summed E-state index contributed by atoms with van der Waals surface area (Å²) in [6.07, 6.45) is 0. The van der Waals surface area contributed by atoms with Gasteiger partial charge in [-0.3, -0.25) is 19.8 Å². The van der Waals surface area contributed by atoms with Crippen LogP contribution in [0.15, 0.2) is 72.8 Å². The second-order valence-electron chi connectivity index (χ2n) is 7.36. The standard InChI is InChI=1S/C25H20Cl2N4O4/c1-2-35-22-9-4-3-8-19(22)29-24(33)25(34)30-31-20-11-10-17(27)12-15(20)13-21(31)23(32)28-18-7-5-6-16(26)14-18/h3-14H,2H2,1H3,(H,28,32)(H,29,33)(H,30,34). The van der Waals surface area contributed by atoms with E-state index in [1.54, 1.807) is 72.8 Å². The van der Waals surface area contributed by atoms with E-state index in [-0.39, 0.29) is 5.69 Å². The van der Waals surface area contributed by atoms with Gasteiger partial charge in [0.15, 0.2) is 0 Å². The molecule has 1 heterocycles. The smallest absolute Gasteiger partial charge is 0.328 e. The van der Waals surface area contributed by atoms with Gasteiger partial charge in [-0.1, -0.05) is 41.4 Å². The molecule has 4 rings (SSSR count). The van der Waals surface area contributed by atoms with Crippen molar-refractivity contribution < 1.29 is 19.1 Å². The predicted octanol–water partition coefficient (Wildman–Crippen LogP) is 5.31. The summed E-state index contributed by atoms with van der Waals surface area (Å²) in [4.78, 5) is 38.6. The summed E-state index contributed by atoms with van der Waals surface area (Å²) in [6.45, 7) is 2.20. The lowest BCUT2D eigenvalue weighted by molar-refractivity contribution is -0.133. The van der Waals surface area contributed by atoms with E-state index >= 15 is 0 Å². The van der Waals surface area contributed by atoms with Gasteiger partial charge in [-0.05, 0) is 61.5 Å². The molecule has 35 heavy (non-hydrogen) atoms. The Kier molecular flexibility index (Phi) is 7.24. The SMILES string of the molecule is CCOc1ccccc1NC(=O)C(=O)Nn1c(C(=O)Nc2cccc(Cl)c2)cc2cc(Cl)ccc21. The van der Waals surface area contributed by atoms with Gasteiger partial charge in [-0.15, -0.1) is 0 Å². The molecular formula is C25H20Cl2N4O4. The Labute approximate surface area is 210 Å². The van der Waals surface area contributed by atoms with Crippen LogP contribution in [0.4, 0.5) is 11.4 Å². The molecule has 0 aliphatic rings. The minimum atomic E-state index is -0.986. The molecule has 1 aromatic heterocycles. The van der Waals surface area contributed by atoms with Crippen molar-refractivity contribution in [2.45, 2.75) is 6.92 Å². The maximum absolute atomic E-state index is 13.1. The maximum Gasteiger partial charge on any atom is 0.328 e. The van der Waals surface area contributed by atoms with Crippen LogP contribution in [0, 0.1) is 0 Å². The van der Waals surface area contributed by atoms with Gasteiger partial charge in [0.25, 0.3) is 5.91 Å². The summed E-state index contributed by atoms with van der Waals surface area (Å²) in [7, 11) is 0. The highest BCUT2D eigenvalue weighted by Gasteiger charge is 2.22. The Bertz CT molecular complexity index is 1430. The average Bonchev–Trinajstić information content (AvgIpc) is 3.17. The summed E-state index contributed by atoms with van der Waals surface area (Å²) in [5, 5.41) is 6.76. The number of hydrogen-bond donors (Lipinski definition) is 3. The number of carbonyl (C=O) groups is 3. The molecule has 0 radical (unpaired) electrons. The number of fused-ring (bicyclic) bond motifs is 1. The Balaban J connectivity index is 1.62. The number of rotatable bonds is 6. The Morgan fingerprint density at radius 1 is 0.857 bits per heavy atom. The monoisotopic (exact) mass is 510 g/mol. The third-order valence-corrected chi connectivity index (χ3v) is 5.40. The van der Waals surface area contributed by atoms with Crippen LogP contribution in [-0.2, 0) is 9.59 Å². The normalized spacial score (nSPS) is 10.6. The first-order chi connectivity index (χ1) is 16.9. The van der Waals surface area contributed by atoms with Crippen LogP contribution in [0.3, 0.4) is 0 Å². The Morgan fingerprint density at radius 3 is 2.40 bits per heavy atom. The molecule has 10 heteroatoms. The minimum Gasteiger partial charge on any atom is -0.492 e. The number of hydrogen-bond acceptors (Lipinski definition) is 4. The van der Waals surface area contributed by atoms with Crippen LogP contribution in [0.2, 0.25) is 10.0 Å². The number of carbonyl (C=O) groups excluding carboxylic acids is 3. The van der Waals surface area contributed by atoms with Gasteiger partial charge in [-0.25, -0.2) is 4.68 Å². The maximum atomic E-state index is 13.1. The summed E-state index contributed by atoms with van der Waals surface area (Å²) in [5.41, 5.74) is 3.86. The fraction of sp³-hybridized carbons (Fsp3) is 0.0800. The van der Waals surface area contributed by atoms with Gasteiger partial charge in [0.2, 0.25) is 0 Å². The summed E-state index contributed by atoms with van der Waals surface area (Å²) >= 11 is 12.1. The number of nitrogens with one attached hydrogen (secondary N) is 3. The fourth-order valence-electron chi connectivity index (χ4n) is 3.42. The predicted molar refractivity (Wildman–Crippen MR) is 137 cm³/mol. The van der Waals surface area contributed by atoms with Crippen molar-refractivity contribution in [1.82, 2.24) is 4.68 Å². The van der Waals surface area contributed by atoms with Crippen LogP contribution < -0.4 is 20.8 Å². The molecule has 178 valence electrons. The third-order valence-electron chi connectivity index (χ3n) is 4.93. The highest BCUT2D eigenvalue weighted by atomic mass is 35.5. The highest BCUT2D eigenvalue weighted by molar-refractivity contribution is 6.42. The number of aromatic nitrogens is 1. The number of para-hydroxylation sites is 2. The number of nitrogens with zero attached hydrogens (tertiary/aromatic N) is 1. The Morgan fingerprint density at radius 2 is 1.63 bits per heavy atom. The lowest BCUT2D eigenvalue weighted by atomic mass is 10.2. The van der Waals surface area contributed by atoms with Gasteiger partial charge < -0.3 is 15.4 Å². The van der Waals surface area contributed by atoms with Crippen molar-refractivity contribution >= 4 is 63.2 Å². The van der Waals surface area contributed by atoms with E-state index in [9.17, 15) is 14.4 Å². The lowest BCUT2D eigenvalue weighted by Gasteiger charge is -2.14. The van der Waals surface area contributed by atoms with Crippen molar-refractivity contribution in [3.63, 3.8) is 0 Å². The summed E-state index contributed by atoms with van der Waals surface area (Å²) in [6, 6.07) is 19.8. The van der Waals surface area contributed by atoms with E-state index in [1.165, 1.54) is 4.68 Å². The highest BCUT2D eigenvalue weighted by Crippen LogP contribution is 2.25. The van der Waals surface area contributed by atoms with Gasteiger partial charge in [-0.2, -0.15) is 0 Å². The fourth-order valence-corrected chi connectivity index (χ4v) is 3.79. The molecule has 0 fully saturated rings. The molecule has 4 aromatic rings. The van der Waals surface area contributed by atoms with Crippen LogP contribution in [0.1, 0.15) is 17.4 Å². The molecule has 3 amide bonds. The number of anilines is 2. The number of benzene rings is 3. The molecule has 0 aliphatic heterocycles. The van der Waals surface area contributed by atoms with Crippen molar-refractivity contribution in [3.05, 3.63) is 88.5 Å². The summed E-state index contributed by atoms with van der Waals surface area (Å²) in [5.74, 6) is -2.02. The zero-order chi connectivity index (χ0) is 24.9. The molecule has 8 nitrogen and oxygen atoms in total. The van der Waals surface area contributed by atoms with E-state index in [0.717, 1.165) is 0 Å². The second kappa shape index (κ2) is 10.5. The lowest BCUT2D eigenvalue weighted by Crippen LogP contribution is -2.36. The van der Waals surface area contributed by atoms with Crippen molar-refractivity contribution in [3.8, 4) is 5.75 Å². The molecule has 0 atom stereocenters. The molecule has 0 unspecified atom stereocenters. The van der Waals surface area contributed by atoms with Gasteiger partial charge in [0.1, 0.15) is 11.4 Å². The molecular weight excluding hydrogens is 491 g/mol. The van der Waals surface area contributed by atoms with Gasteiger partial charge >= 0.3 is 11.8 Å². The minimum absolute atomic E-state index is 0.0816. The quantitative estimate of drug-likeness (QED) is 0.306. The molecule has 3 N–H and O–H groups in total. The van der Waals surface area contributed by atoms with Crippen LogP contribution in [-0.4, -0.2) is 29.0 Å². The van der Waals surface area contributed by atoms with Gasteiger partial charge in [0.05, 0.1) is 17.8 Å². The van der Waals surface area contributed by atoms with E-state index < -0.39 is 17.7 Å². The molecule has 0 aliphatic carbocycles. The van der Waals surface area contributed by atoms with Gasteiger partial charge in [0, 0.05) is 21.1 Å². The van der Waals surface area contributed by atoms with E-state index in [1.807, 2.05) is 6.92 Å². The first kappa shape index (κ1) is 24.1. The third kappa shape index (κ3) is 5.56. The largest absolute Gasteiger partial charge is 0.492 e. The van der Waals surface area contributed by atoms with Crippen molar-refractivity contribution in [2.75, 3.05) is 22.7 Å². The summed E-state index contributed by atoms with van der Waals surface area (Å²) < 4.78 is 6.72. The molecule has 0 bridgehead atoms. The molecule has 0 saturated carbocycles. The average molecular weight is 511 g/mol. The van der Waals surface area contributed by atoms with E-state index in [0.29, 0.717) is 44.7 Å². The zero-order valence-corrected chi connectivity index (χ0v) is 20.0. The van der Waals surface area contributed by atoms with Crippen molar-refractivity contribution in [2.24, 2.45) is 0 Å². The second-order valence-corrected chi connectivity index (χ2v) is 8.23. The molecule has 0 saturated heterocycles. The zero-order valence-electron chi connectivity index (χ0n) is 18.5. The Hall–Kier alpha value is -4.01. The first-order valence-corrected chi connectivity index (χ1v) is 11.3. The van der Waals surface area contributed by atoms with E-state index in [2.05, 4.69) is 16.1 Å². The van der Waals surface area contributed by atoms with Crippen molar-refractivity contribution in [1.29, 1.82) is 0 Å². The topological polar surface area (TPSA) is 101 Å². The van der Waals surface area contributed by atoms with Crippen LogP contribution in [0.25, 0.3) is 10.9 Å².